The van der Waals surface area contributed by atoms with E-state index in [-0.39, 0.29) is 11.5 Å². The van der Waals surface area contributed by atoms with E-state index in [1.54, 1.807) is 31.5 Å². The predicted octanol–water partition coefficient (Wildman–Crippen LogP) is 4.46. The Morgan fingerprint density at radius 2 is 1.97 bits per heavy atom. The maximum atomic E-state index is 13.7. The number of aromatic amines is 1. The third-order valence-electron chi connectivity index (χ3n) is 5.43. The molecule has 1 aliphatic rings. The number of fused-ring (bicyclic) bond motifs is 1. The van der Waals surface area contributed by atoms with Crippen LogP contribution >= 0.6 is 7.14 Å². The molecule has 0 bridgehead atoms. The van der Waals surface area contributed by atoms with Gasteiger partial charge in [0.15, 0.2) is 0 Å². The Kier molecular flexibility index (Phi) is 5.33. The van der Waals surface area contributed by atoms with Crippen molar-refractivity contribution in [1.82, 2.24) is 15.0 Å². The van der Waals surface area contributed by atoms with Crippen molar-refractivity contribution in [2.45, 2.75) is 37.1 Å². The van der Waals surface area contributed by atoms with Crippen molar-refractivity contribution in [3.63, 3.8) is 0 Å². The van der Waals surface area contributed by atoms with Crippen LogP contribution < -0.4 is 10.6 Å². The zero-order valence-electron chi connectivity index (χ0n) is 17.0. The van der Waals surface area contributed by atoms with Crippen LogP contribution in [0.1, 0.15) is 18.4 Å². The first-order chi connectivity index (χ1) is 14.8. The number of aliphatic hydroxyl groups excluding tert-OH is 1. The number of hydrogen-bond acceptors (Lipinski definition) is 5. The largest absolute Gasteiger partial charge is 0.419 e. The number of nitrogens with zero attached hydrogens (tertiary/aromatic N) is 2. The normalized spacial score (nSPS) is 21.2. The summed E-state index contributed by atoms with van der Waals surface area (Å²) in [5.41, 5.74) is -1.03. The minimum atomic E-state index is -4.78. The number of aromatic nitrogens is 3. The molecule has 172 valence electrons. The molecular formula is C20H20F5N4O2P. The van der Waals surface area contributed by atoms with Crippen molar-refractivity contribution in [2.75, 3.05) is 18.6 Å². The Balaban J connectivity index is 1.83. The van der Waals surface area contributed by atoms with Crippen LogP contribution in [0.5, 0.6) is 0 Å². The van der Waals surface area contributed by atoms with Gasteiger partial charge in [-0.25, -0.2) is 18.7 Å². The highest BCUT2D eigenvalue weighted by Gasteiger charge is 2.46. The Bertz CT molecular complexity index is 1220. The van der Waals surface area contributed by atoms with Crippen LogP contribution in [-0.4, -0.2) is 51.5 Å². The van der Waals surface area contributed by atoms with E-state index in [1.165, 1.54) is 6.20 Å². The number of para-hydroxylation sites is 1. The molecule has 1 fully saturated rings. The Morgan fingerprint density at radius 1 is 1.25 bits per heavy atom. The number of anilines is 1. The van der Waals surface area contributed by atoms with Gasteiger partial charge in [-0.1, -0.05) is 12.1 Å². The fourth-order valence-electron chi connectivity index (χ4n) is 3.95. The van der Waals surface area contributed by atoms with Gasteiger partial charge in [0, 0.05) is 41.5 Å². The van der Waals surface area contributed by atoms with Crippen molar-refractivity contribution < 1.29 is 31.6 Å². The highest BCUT2D eigenvalue weighted by atomic mass is 31.2. The first kappa shape index (κ1) is 22.7. The number of H-pyrrole nitrogens is 1. The van der Waals surface area contributed by atoms with Crippen molar-refractivity contribution >= 4 is 29.3 Å². The van der Waals surface area contributed by atoms with E-state index in [0.29, 0.717) is 22.4 Å². The van der Waals surface area contributed by atoms with E-state index in [2.05, 4.69) is 20.3 Å². The molecule has 0 unspecified atom stereocenters. The molecule has 1 aromatic carbocycles. The summed E-state index contributed by atoms with van der Waals surface area (Å²) in [6.07, 6.45) is -5.69. The monoisotopic (exact) mass is 474 g/mol. The lowest BCUT2D eigenvalue weighted by Gasteiger charge is -2.18. The lowest BCUT2D eigenvalue weighted by atomic mass is 10.1. The highest BCUT2D eigenvalue weighted by molar-refractivity contribution is 7.70. The topological polar surface area (TPSA) is 90.9 Å². The summed E-state index contributed by atoms with van der Waals surface area (Å²) in [6.45, 7) is 3.11. The van der Waals surface area contributed by atoms with E-state index in [4.69, 9.17) is 0 Å². The molecule has 2 aromatic heterocycles. The van der Waals surface area contributed by atoms with Crippen LogP contribution in [0.4, 0.5) is 27.9 Å². The third kappa shape index (κ3) is 4.23. The lowest BCUT2D eigenvalue weighted by molar-refractivity contribution is -0.137. The second-order valence-electron chi connectivity index (χ2n) is 8.29. The molecule has 0 amide bonds. The van der Waals surface area contributed by atoms with Crippen LogP contribution in [0.2, 0.25) is 0 Å². The summed E-state index contributed by atoms with van der Waals surface area (Å²) in [4.78, 5) is 10.5. The summed E-state index contributed by atoms with van der Waals surface area (Å²) in [7, 11) is -2.73. The van der Waals surface area contributed by atoms with Crippen molar-refractivity contribution in [2.24, 2.45) is 0 Å². The SMILES string of the molecule is CP(C)(=O)c1cccc2c(-c3nc(N[C@H]4CC(F)(F)C[C@H]4O)ncc3C(F)(F)F)c[nH]c12. The maximum absolute atomic E-state index is 13.7. The zero-order valence-corrected chi connectivity index (χ0v) is 17.9. The number of nitrogens with one attached hydrogen (secondary N) is 2. The molecule has 1 saturated carbocycles. The van der Waals surface area contributed by atoms with Crippen molar-refractivity contribution in [3.05, 3.63) is 36.2 Å². The predicted molar refractivity (Wildman–Crippen MR) is 111 cm³/mol. The molecule has 3 aromatic rings. The molecule has 32 heavy (non-hydrogen) atoms. The Morgan fingerprint density at radius 3 is 2.56 bits per heavy atom. The second kappa shape index (κ2) is 7.52. The van der Waals surface area contributed by atoms with Crippen molar-refractivity contribution in [1.29, 1.82) is 0 Å². The van der Waals surface area contributed by atoms with Gasteiger partial charge in [-0.15, -0.1) is 0 Å². The van der Waals surface area contributed by atoms with Gasteiger partial charge in [0.1, 0.15) is 12.7 Å². The van der Waals surface area contributed by atoms with Gasteiger partial charge in [-0.05, 0) is 19.4 Å². The van der Waals surface area contributed by atoms with E-state index >= 15 is 0 Å². The molecular weight excluding hydrogens is 454 g/mol. The molecule has 6 nitrogen and oxygen atoms in total. The van der Waals surface area contributed by atoms with Crippen LogP contribution in [0.3, 0.4) is 0 Å². The van der Waals surface area contributed by atoms with E-state index in [9.17, 15) is 31.6 Å². The fourth-order valence-corrected chi connectivity index (χ4v) is 5.12. The lowest BCUT2D eigenvalue weighted by Crippen LogP contribution is -2.29. The molecule has 2 heterocycles. The average Bonchev–Trinajstić information content (AvgIpc) is 3.19. The minimum absolute atomic E-state index is 0.102. The summed E-state index contributed by atoms with van der Waals surface area (Å²) in [5, 5.41) is 13.3. The quantitative estimate of drug-likeness (QED) is 0.384. The molecule has 0 aliphatic heterocycles. The van der Waals surface area contributed by atoms with E-state index < -0.39 is 55.5 Å². The first-order valence-electron chi connectivity index (χ1n) is 9.69. The van der Waals surface area contributed by atoms with Crippen LogP contribution in [0.15, 0.2) is 30.6 Å². The first-order valence-corrected chi connectivity index (χ1v) is 12.3. The molecule has 0 radical (unpaired) electrons. The van der Waals surface area contributed by atoms with E-state index in [1.807, 2.05) is 0 Å². The van der Waals surface area contributed by atoms with Gasteiger partial charge in [-0.3, -0.25) is 0 Å². The van der Waals surface area contributed by atoms with Crippen LogP contribution in [-0.2, 0) is 10.7 Å². The van der Waals surface area contributed by atoms with Gasteiger partial charge in [0.05, 0.1) is 23.4 Å². The molecule has 0 saturated heterocycles. The van der Waals surface area contributed by atoms with Gasteiger partial charge in [0.2, 0.25) is 5.95 Å². The summed E-state index contributed by atoms with van der Waals surface area (Å²) in [5.74, 6) is -3.40. The molecule has 1 aliphatic carbocycles. The second-order valence-corrected chi connectivity index (χ2v) is 11.5. The number of aliphatic hydroxyl groups is 1. The van der Waals surface area contributed by atoms with Crippen LogP contribution in [0.25, 0.3) is 22.2 Å². The standard InChI is InChI=1S/C20H20F5N4O2P/c1-32(2,31)15-5-3-4-10-11(8-26-17(10)15)16-12(20(23,24)25)9-27-18(29-16)28-13-6-19(21,22)7-14(13)30/h3-5,8-9,13-14,26,30H,6-7H2,1-2H3,(H,27,28,29)/t13-,14+/m0/s1. The molecule has 2 atom stereocenters. The zero-order chi connectivity index (χ0) is 23.5. The number of alkyl halides is 5. The molecule has 4 rings (SSSR count). The average molecular weight is 474 g/mol. The fraction of sp³-hybridized carbons (Fsp3) is 0.400. The number of hydrogen-bond donors (Lipinski definition) is 3. The molecule has 0 spiro atoms. The number of halogens is 5. The van der Waals surface area contributed by atoms with Gasteiger partial charge < -0.3 is 20.0 Å². The Hall–Kier alpha value is -2.52. The highest BCUT2D eigenvalue weighted by Crippen LogP contribution is 2.42. The third-order valence-corrected chi connectivity index (χ3v) is 6.96. The number of rotatable bonds is 4. The molecule has 3 N–H and O–H groups in total. The van der Waals surface area contributed by atoms with Crippen molar-refractivity contribution in [3.8, 4) is 11.3 Å². The Labute approximate surface area is 179 Å². The van der Waals surface area contributed by atoms with Gasteiger partial charge in [0.25, 0.3) is 5.92 Å². The maximum Gasteiger partial charge on any atom is 0.419 e. The van der Waals surface area contributed by atoms with Gasteiger partial charge >= 0.3 is 6.18 Å². The smallest absolute Gasteiger partial charge is 0.391 e. The van der Waals surface area contributed by atoms with E-state index in [0.717, 1.165) is 0 Å². The summed E-state index contributed by atoms with van der Waals surface area (Å²) in [6, 6.07) is 3.72. The minimum Gasteiger partial charge on any atom is -0.391 e. The van der Waals surface area contributed by atoms with Crippen LogP contribution in [0, 0.1) is 0 Å². The summed E-state index contributed by atoms with van der Waals surface area (Å²) < 4.78 is 80.9. The molecule has 12 heteroatoms. The summed E-state index contributed by atoms with van der Waals surface area (Å²) >= 11 is 0. The van der Waals surface area contributed by atoms with Gasteiger partial charge in [-0.2, -0.15) is 13.2 Å². The number of benzene rings is 1.